The van der Waals surface area contributed by atoms with Gasteiger partial charge in [0.1, 0.15) is 0 Å². The van der Waals surface area contributed by atoms with Crippen molar-refractivity contribution in [3.8, 4) is 0 Å². The summed E-state index contributed by atoms with van der Waals surface area (Å²) in [6, 6.07) is 7.47. The van der Waals surface area contributed by atoms with Gasteiger partial charge in [-0.1, -0.05) is 18.2 Å². The zero-order valence-corrected chi connectivity index (χ0v) is 14.4. The number of aliphatic carboxylic acids is 1. The van der Waals surface area contributed by atoms with Gasteiger partial charge in [-0.05, 0) is 18.1 Å². The second kappa shape index (κ2) is 11.3. The van der Waals surface area contributed by atoms with E-state index in [0.29, 0.717) is 31.3 Å². The Bertz CT molecular complexity index is 499. The number of benzene rings is 1. The van der Waals surface area contributed by atoms with Gasteiger partial charge in [0.2, 0.25) is 0 Å². The summed E-state index contributed by atoms with van der Waals surface area (Å²) in [4.78, 5) is 23.6. The van der Waals surface area contributed by atoms with Crippen LogP contribution in [0.4, 0.5) is 5.69 Å². The fraction of sp³-hybridized carbons (Fsp3) is 0.467. The molecule has 5 nitrogen and oxygen atoms in total. The van der Waals surface area contributed by atoms with Crippen LogP contribution >= 0.6 is 23.2 Å². The molecule has 0 radical (unpaired) electrons. The molecule has 0 bridgehead atoms. The summed E-state index contributed by atoms with van der Waals surface area (Å²) in [6.45, 7) is 1.33. The molecule has 126 valence electrons. The third kappa shape index (κ3) is 7.25. The smallest absolute Gasteiger partial charge is 0.304 e. The highest BCUT2D eigenvalue weighted by atomic mass is 35.5. The van der Waals surface area contributed by atoms with E-state index in [1.807, 2.05) is 24.3 Å². The lowest BCUT2D eigenvalue weighted by Gasteiger charge is -2.27. The number of carbonyl (C=O) groups excluding carboxylic acids is 1. The molecule has 0 spiro atoms. The van der Waals surface area contributed by atoms with Gasteiger partial charge >= 0.3 is 5.97 Å². The van der Waals surface area contributed by atoms with E-state index in [1.54, 1.807) is 0 Å². The van der Waals surface area contributed by atoms with Crippen molar-refractivity contribution in [1.82, 2.24) is 5.23 Å². The number of anilines is 1. The third-order valence-electron chi connectivity index (χ3n) is 3.42. The minimum atomic E-state index is -0.899. The first-order chi connectivity index (χ1) is 11.1. The van der Waals surface area contributed by atoms with Crippen LogP contribution in [0.25, 0.3) is 0 Å². The molecule has 2 N–H and O–H groups in total. The van der Waals surface area contributed by atoms with Gasteiger partial charge in [0.25, 0.3) is 7.41 Å². The number of carboxylic acids is 1. The van der Waals surface area contributed by atoms with Crippen LogP contribution in [0.3, 0.4) is 0 Å². The summed E-state index contributed by atoms with van der Waals surface area (Å²) >= 11 is 11.7. The fourth-order valence-electron chi connectivity index (χ4n) is 2.46. The molecule has 0 aliphatic carbocycles. The number of carbonyl (C=O) groups is 2. The van der Waals surface area contributed by atoms with Crippen LogP contribution in [0, 0.1) is 0 Å². The summed E-state index contributed by atoms with van der Waals surface area (Å²) in [5, 5.41) is 12.0. The van der Waals surface area contributed by atoms with Crippen LogP contribution in [0.15, 0.2) is 24.3 Å². The number of nitrogens with one attached hydrogen (secondary N) is 1. The van der Waals surface area contributed by atoms with Crippen LogP contribution in [0.1, 0.15) is 12.0 Å². The Hall–Kier alpha value is -1.24. The molecule has 0 fully saturated rings. The lowest BCUT2D eigenvalue weighted by molar-refractivity contribution is -0.137. The SMILES string of the molecule is O=CBN[C@H](CC(=O)O)Cc1ccccc1N(CCCl)CCCl. The zero-order chi connectivity index (χ0) is 17.1. The van der Waals surface area contributed by atoms with E-state index in [2.05, 4.69) is 10.1 Å². The van der Waals surface area contributed by atoms with Gasteiger partial charge in [-0.2, -0.15) is 0 Å². The van der Waals surface area contributed by atoms with E-state index >= 15 is 0 Å². The van der Waals surface area contributed by atoms with Crippen molar-refractivity contribution < 1.29 is 14.7 Å². The van der Waals surface area contributed by atoms with Gasteiger partial charge in [-0.3, -0.25) is 4.79 Å². The largest absolute Gasteiger partial charge is 0.481 e. The average molecular weight is 359 g/mol. The molecule has 23 heavy (non-hydrogen) atoms. The lowest BCUT2D eigenvalue weighted by Crippen LogP contribution is -2.37. The minimum Gasteiger partial charge on any atom is -0.481 e. The molecular formula is C15H21BCl2N2O3. The van der Waals surface area contributed by atoms with Crippen LogP contribution in [-0.4, -0.2) is 55.6 Å². The number of carboxylic acid groups (broad SMARTS) is 1. The van der Waals surface area contributed by atoms with Crippen LogP contribution in [0.2, 0.25) is 0 Å². The van der Waals surface area contributed by atoms with Gasteiger partial charge in [0, 0.05) is 36.6 Å². The number of hydrogen-bond donors (Lipinski definition) is 2. The van der Waals surface area contributed by atoms with E-state index in [0.717, 1.165) is 17.4 Å². The predicted octanol–water partition coefficient (Wildman–Crippen LogP) is 1.49. The van der Waals surface area contributed by atoms with Gasteiger partial charge < -0.3 is 20.0 Å². The average Bonchev–Trinajstić information content (AvgIpc) is 2.52. The van der Waals surface area contributed by atoms with E-state index in [1.165, 1.54) is 0 Å². The van der Waals surface area contributed by atoms with Gasteiger partial charge in [-0.25, -0.2) is 0 Å². The highest BCUT2D eigenvalue weighted by Gasteiger charge is 2.17. The maximum atomic E-state index is 11.0. The maximum absolute atomic E-state index is 11.0. The molecule has 0 aromatic heterocycles. The van der Waals surface area contributed by atoms with Crippen LogP contribution in [-0.2, 0) is 16.0 Å². The molecule has 1 rings (SSSR count). The Balaban J connectivity index is 2.95. The van der Waals surface area contributed by atoms with E-state index in [9.17, 15) is 9.59 Å². The minimum absolute atomic E-state index is 0.0484. The molecule has 0 aliphatic rings. The molecule has 0 unspecified atom stereocenters. The number of halogens is 2. The van der Waals surface area contributed by atoms with E-state index in [4.69, 9.17) is 28.3 Å². The summed E-state index contributed by atoms with van der Waals surface area (Å²) in [7, 11) is 0.132. The van der Waals surface area contributed by atoms with E-state index in [-0.39, 0.29) is 19.9 Å². The monoisotopic (exact) mass is 358 g/mol. The van der Waals surface area contributed by atoms with Crippen molar-refractivity contribution in [3.05, 3.63) is 29.8 Å². The summed E-state index contributed by atoms with van der Waals surface area (Å²) in [5.41, 5.74) is 2.00. The molecule has 0 saturated carbocycles. The topological polar surface area (TPSA) is 69.6 Å². The van der Waals surface area contributed by atoms with Crippen LogP contribution in [0.5, 0.6) is 0 Å². The standard InChI is InChI=1S/C15H21BCl2N2O3/c17-5-7-20(8-6-18)14-4-2-1-3-12(14)9-13(10-15(22)23)19-16-11-21/h1-4,11,13,16,19H,5-10H2,(H,22,23)/t13-/m0/s1. The first kappa shape index (κ1) is 19.8. The fourth-order valence-corrected chi connectivity index (χ4v) is 2.86. The normalized spacial score (nSPS) is 11.7. The van der Waals surface area contributed by atoms with Crippen molar-refractivity contribution in [2.24, 2.45) is 0 Å². The Morgan fingerprint density at radius 2 is 1.96 bits per heavy atom. The first-order valence-electron chi connectivity index (χ1n) is 7.46. The molecule has 0 aliphatic heterocycles. The third-order valence-corrected chi connectivity index (χ3v) is 3.76. The number of hydrogen-bond acceptors (Lipinski definition) is 4. The van der Waals surface area contributed by atoms with Gasteiger partial charge in [0.05, 0.1) is 12.6 Å². The first-order valence-corrected chi connectivity index (χ1v) is 8.52. The molecule has 0 saturated heterocycles. The highest BCUT2D eigenvalue weighted by Crippen LogP contribution is 2.22. The second-order valence-electron chi connectivity index (χ2n) is 5.07. The lowest BCUT2D eigenvalue weighted by atomic mass is 9.92. The van der Waals surface area contributed by atoms with Crippen molar-refractivity contribution in [3.63, 3.8) is 0 Å². The molecule has 1 atom stereocenters. The molecule has 0 heterocycles. The summed E-state index contributed by atoms with van der Waals surface area (Å²) in [5.74, 6) is 0.0598. The number of para-hydroxylation sites is 1. The van der Waals surface area contributed by atoms with Crippen molar-refractivity contribution in [1.29, 1.82) is 0 Å². The van der Waals surface area contributed by atoms with Crippen molar-refractivity contribution in [2.45, 2.75) is 18.9 Å². The highest BCUT2D eigenvalue weighted by molar-refractivity contribution is 6.64. The van der Waals surface area contributed by atoms with E-state index < -0.39 is 5.97 Å². The maximum Gasteiger partial charge on any atom is 0.304 e. The van der Waals surface area contributed by atoms with Crippen LogP contribution < -0.4 is 10.1 Å². The van der Waals surface area contributed by atoms with Crippen molar-refractivity contribution in [2.75, 3.05) is 29.7 Å². The number of rotatable bonds is 12. The summed E-state index contributed by atoms with van der Waals surface area (Å²) < 4.78 is 0. The number of alkyl halides is 2. The predicted molar refractivity (Wildman–Crippen MR) is 96.9 cm³/mol. The second-order valence-corrected chi connectivity index (χ2v) is 5.82. The van der Waals surface area contributed by atoms with Crippen molar-refractivity contribution >= 4 is 48.5 Å². The number of nitrogens with zero attached hydrogens (tertiary/aromatic N) is 1. The Morgan fingerprint density at radius 1 is 1.30 bits per heavy atom. The molecular weight excluding hydrogens is 338 g/mol. The Morgan fingerprint density at radius 3 is 2.52 bits per heavy atom. The van der Waals surface area contributed by atoms with Gasteiger partial charge in [0.15, 0.2) is 0 Å². The molecule has 0 amide bonds. The Kier molecular flexibility index (Phi) is 9.75. The quantitative estimate of drug-likeness (QED) is 0.336. The summed E-state index contributed by atoms with van der Waals surface area (Å²) in [6.07, 6.45) is 1.19. The van der Waals surface area contributed by atoms with Gasteiger partial charge in [-0.15, -0.1) is 23.2 Å². The molecule has 1 aromatic carbocycles. The Labute approximate surface area is 147 Å². The zero-order valence-electron chi connectivity index (χ0n) is 12.9. The molecule has 1 aromatic rings. The molecule has 8 heteroatoms.